The molecule has 0 saturated carbocycles. The molecule has 2 atom stereocenters. The van der Waals surface area contributed by atoms with Crippen LogP contribution in [0, 0.1) is 5.82 Å². The maximum absolute atomic E-state index is 15.3. The lowest BCUT2D eigenvalue weighted by Gasteiger charge is -2.42. The van der Waals surface area contributed by atoms with Gasteiger partial charge in [0.25, 0.3) is 5.91 Å². The largest absolute Gasteiger partial charge is 0.479 e. The Morgan fingerprint density at radius 1 is 1.24 bits per heavy atom. The van der Waals surface area contributed by atoms with Crippen LogP contribution in [0.25, 0.3) is 22.4 Å². The number of halogens is 2. The molecule has 0 unspecified atom stereocenters. The lowest BCUT2D eigenvalue weighted by atomic mass is 10.0. The average Bonchev–Trinajstić information content (AvgIpc) is 3.43. The van der Waals surface area contributed by atoms with Crippen molar-refractivity contribution in [2.75, 3.05) is 45.8 Å². The third-order valence-corrected chi connectivity index (χ3v) is 6.88. The third-order valence-electron chi connectivity index (χ3n) is 6.88. The highest BCUT2D eigenvalue weighted by atomic mass is 19.1. The normalized spacial score (nSPS) is 20.8. The fourth-order valence-corrected chi connectivity index (χ4v) is 4.82. The predicted molar refractivity (Wildman–Crippen MR) is 128 cm³/mol. The summed E-state index contributed by atoms with van der Waals surface area (Å²) in [6, 6.07) is -0.216. The Morgan fingerprint density at radius 3 is 2.76 bits per heavy atom. The molecule has 4 aromatic rings. The van der Waals surface area contributed by atoms with Crippen LogP contribution in [0.4, 0.5) is 14.7 Å². The Labute approximate surface area is 209 Å². The van der Waals surface area contributed by atoms with Crippen LogP contribution in [-0.2, 0) is 4.74 Å². The summed E-state index contributed by atoms with van der Waals surface area (Å²) in [5.74, 6) is -0.426. The zero-order valence-corrected chi connectivity index (χ0v) is 20.2. The molecule has 1 amide bonds. The molecule has 0 aliphatic carbocycles. The number of methoxy groups -OCH3 is 1. The highest BCUT2D eigenvalue weighted by Gasteiger charge is 2.36. The van der Waals surface area contributed by atoms with Crippen molar-refractivity contribution in [2.24, 2.45) is 0 Å². The van der Waals surface area contributed by atoms with Gasteiger partial charge in [0.15, 0.2) is 5.82 Å². The predicted octanol–water partition coefficient (Wildman–Crippen LogP) is 1.17. The fourth-order valence-electron chi connectivity index (χ4n) is 4.82. The Kier molecular flexibility index (Phi) is 5.83. The lowest BCUT2D eigenvalue weighted by Crippen LogP contribution is -2.57. The number of hydrogen-bond donors (Lipinski definition) is 2. The SMILES string of the molecule is CNC(=O)c1cnc2ncc(-c3c(F)cn4nc(N[C@H]5CCN(C6COC6)C[C@H]5F)nc(OC)c34)cn12. The summed E-state index contributed by atoms with van der Waals surface area (Å²) in [6.45, 7) is 2.31. The van der Waals surface area contributed by atoms with Gasteiger partial charge >= 0.3 is 0 Å². The van der Waals surface area contributed by atoms with Crippen molar-refractivity contribution >= 4 is 23.1 Å². The molecule has 0 aromatic carbocycles. The second-order valence-electron chi connectivity index (χ2n) is 9.07. The average molecular weight is 514 g/mol. The molecular formula is C23H25F2N9O3. The van der Waals surface area contributed by atoms with Gasteiger partial charge in [-0.1, -0.05) is 0 Å². The van der Waals surface area contributed by atoms with Crippen molar-refractivity contribution in [3.05, 3.63) is 36.3 Å². The number of carbonyl (C=O) groups is 1. The molecule has 2 N–H and O–H groups in total. The van der Waals surface area contributed by atoms with Gasteiger partial charge in [0.2, 0.25) is 17.6 Å². The van der Waals surface area contributed by atoms with Crippen molar-refractivity contribution in [3.8, 4) is 17.0 Å². The van der Waals surface area contributed by atoms with Crippen LogP contribution < -0.4 is 15.4 Å². The highest BCUT2D eigenvalue weighted by molar-refractivity contribution is 5.93. The molecule has 2 fully saturated rings. The van der Waals surface area contributed by atoms with E-state index in [1.54, 1.807) is 6.20 Å². The van der Waals surface area contributed by atoms with Gasteiger partial charge in [-0.2, -0.15) is 4.98 Å². The van der Waals surface area contributed by atoms with E-state index in [9.17, 15) is 9.18 Å². The third kappa shape index (κ3) is 4.01. The molecule has 0 spiro atoms. The van der Waals surface area contributed by atoms with Crippen molar-refractivity contribution in [1.82, 2.24) is 39.2 Å². The Morgan fingerprint density at radius 2 is 2.05 bits per heavy atom. The second-order valence-corrected chi connectivity index (χ2v) is 9.07. The molecule has 0 radical (unpaired) electrons. The van der Waals surface area contributed by atoms with E-state index in [2.05, 4.69) is 35.6 Å². The first kappa shape index (κ1) is 23.5. The summed E-state index contributed by atoms with van der Waals surface area (Å²) in [6.07, 6.45) is 5.05. The molecule has 0 bridgehead atoms. The van der Waals surface area contributed by atoms with E-state index in [4.69, 9.17) is 9.47 Å². The first-order chi connectivity index (χ1) is 18.0. The summed E-state index contributed by atoms with van der Waals surface area (Å²) < 4.78 is 43.8. The van der Waals surface area contributed by atoms with Gasteiger partial charge in [-0.15, -0.1) is 5.10 Å². The number of carbonyl (C=O) groups excluding carboxylic acids is 1. The standard InChI is InChI=1S/C23H25F2N9O3/c1-26-20(35)17-6-28-23-27-5-12(7-33(17)23)18-15(25)9-34-19(18)21(36-2)30-22(31-34)29-16-3-4-32(8-14(16)24)13-10-37-11-13/h5-7,9,13-14,16H,3-4,8,10-11H2,1-2H3,(H,26,35)(H,29,31)/t14-,16+/m1/s1. The Hall–Kier alpha value is -3.91. The van der Waals surface area contributed by atoms with Gasteiger partial charge < -0.3 is 20.1 Å². The van der Waals surface area contributed by atoms with Crippen LogP contribution in [-0.4, -0.2) is 98.5 Å². The number of hydrogen-bond acceptors (Lipinski definition) is 9. The van der Waals surface area contributed by atoms with Crippen LogP contribution in [0.3, 0.4) is 0 Å². The number of imidazole rings is 1. The quantitative estimate of drug-likeness (QED) is 0.391. The second kappa shape index (κ2) is 9.19. The van der Waals surface area contributed by atoms with E-state index in [0.29, 0.717) is 31.7 Å². The number of likely N-dealkylation sites (tertiary alicyclic amines) is 1. The summed E-state index contributed by atoms with van der Waals surface area (Å²) in [4.78, 5) is 27.1. The van der Waals surface area contributed by atoms with Gasteiger partial charge in [-0.05, 0) is 6.42 Å². The van der Waals surface area contributed by atoms with Gasteiger partial charge in [0.05, 0.1) is 50.4 Å². The van der Waals surface area contributed by atoms with Gasteiger partial charge in [0.1, 0.15) is 17.4 Å². The van der Waals surface area contributed by atoms with Crippen LogP contribution in [0.1, 0.15) is 16.9 Å². The molecule has 2 aliphatic rings. The molecule has 14 heteroatoms. The number of anilines is 1. The molecule has 37 heavy (non-hydrogen) atoms. The van der Waals surface area contributed by atoms with Crippen LogP contribution in [0.5, 0.6) is 5.88 Å². The van der Waals surface area contributed by atoms with Crippen LogP contribution >= 0.6 is 0 Å². The minimum atomic E-state index is -1.13. The van der Waals surface area contributed by atoms with Crippen molar-refractivity contribution < 1.29 is 23.0 Å². The van der Waals surface area contributed by atoms with Crippen LogP contribution in [0.2, 0.25) is 0 Å². The van der Waals surface area contributed by atoms with E-state index in [1.807, 2.05) is 0 Å². The topological polar surface area (TPSA) is 123 Å². The smallest absolute Gasteiger partial charge is 0.269 e. The summed E-state index contributed by atoms with van der Waals surface area (Å²) in [5, 5.41) is 9.99. The highest BCUT2D eigenvalue weighted by Crippen LogP contribution is 2.34. The van der Waals surface area contributed by atoms with Crippen LogP contribution in [0.15, 0.2) is 24.8 Å². The molecule has 194 valence electrons. The first-order valence-corrected chi connectivity index (χ1v) is 11.9. The van der Waals surface area contributed by atoms with Gasteiger partial charge in [0, 0.05) is 38.1 Å². The summed E-state index contributed by atoms with van der Waals surface area (Å²) >= 11 is 0. The Balaban J connectivity index is 1.33. The summed E-state index contributed by atoms with van der Waals surface area (Å²) in [5.41, 5.74) is 1.04. The molecule has 2 saturated heterocycles. The van der Waals surface area contributed by atoms with E-state index in [1.165, 1.54) is 41.7 Å². The minimum Gasteiger partial charge on any atom is -0.479 e. The number of fused-ring (bicyclic) bond motifs is 2. The van der Waals surface area contributed by atoms with Crippen molar-refractivity contribution in [3.63, 3.8) is 0 Å². The Bertz CT molecular complexity index is 1490. The van der Waals surface area contributed by atoms with E-state index < -0.39 is 18.0 Å². The lowest BCUT2D eigenvalue weighted by molar-refractivity contribution is -0.0794. The molecule has 6 heterocycles. The minimum absolute atomic E-state index is 0.105. The number of piperidine rings is 1. The number of amides is 1. The van der Waals surface area contributed by atoms with Gasteiger partial charge in [-0.25, -0.2) is 23.3 Å². The zero-order chi connectivity index (χ0) is 25.7. The molecule has 6 rings (SSSR count). The number of alkyl halides is 1. The van der Waals surface area contributed by atoms with Crippen molar-refractivity contribution in [1.29, 1.82) is 0 Å². The maximum atomic E-state index is 15.3. The van der Waals surface area contributed by atoms with E-state index >= 15 is 4.39 Å². The van der Waals surface area contributed by atoms with Gasteiger partial charge in [-0.3, -0.25) is 14.1 Å². The fraction of sp³-hybridized carbons (Fsp3) is 0.435. The molecular weight excluding hydrogens is 488 g/mol. The number of nitrogens with zero attached hydrogens (tertiary/aromatic N) is 7. The van der Waals surface area contributed by atoms with Crippen molar-refractivity contribution in [2.45, 2.75) is 24.7 Å². The van der Waals surface area contributed by atoms with E-state index in [-0.39, 0.29) is 46.3 Å². The monoisotopic (exact) mass is 513 g/mol. The molecule has 2 aliphatic heterocycles. The molecule has 4 aromatic heterocycles. The summed E-state index contributed by atoms with van der Waals surface area (Å²) in [7, 11) is 2.92. The number of nitrogens with one attached hydrogen (secondary N) is 2. The molecule has 12 nitrogen and oxygen atoms in total. The first-order valence-electron chi connectivity index (χ1n) is 11.9. The zero-order valence-electron chi connectivity index (χ0n) is 20.2. The van der Waals surface area contributed by atoms with E-state index in [0.717, 1.165) is 6.54 Å². The number of ether oxygens (including phenoxy) is 2. The number of rotatable bonds is 6. The maximum Gasteiger partial charge on any atom is 0.269 e. The number of aromatic nitrogens is 6.